The Labute approximate surface area is 164 Å². The maximum absolute atomic E-state index is 11.8. The Morgan fingerprint density at radius 3 is 2.65 bits per heavy atom. The molecule has 26 heavy (non-hydrogen) atoms. The van der Waals surface area contributed by atoms with E-state index in [4.69, 9.17) is 4.99 Å². The number of sulfonamides is 1. The zero-order valence-corrected chi connectivity index (χ0v) is 18.3. The zero-order valence-electron chi connectivity index (χ0n) is 16.7. The van der Waals surface area contributed by atoms with Gasteiger partial charge in [0, 0.05) is 50.3 Å². The van der Waals surface area contributed by atoms with Crippen molar-refractivity contribution in [2.24, 2.45) is 4.99 Å². The summed E-state index contributed by atoms with van der Waals surface area (Å²) in [6, 6.07) is 0. The molecule has 1 N–H and O–H groups in total. The van der Waals surface area contributed by atoms with Crippen LogP contribution in [-0.4, -0.2) is 79.6 Å². The van der Waals surface area contributed by atoms with Crippen LogP contribution in [0.25, 0.3) is 0 Å². The molecule has 0 unspecified atom stereocenters. The number of hydrogen-bond donors (Lipinski definition) is 1. The van der Waals surface area contributed by atoms with Gasteiger partial charge < -0.3 is 10.2 Å². The van der Waals surface area contributed by atoms with Gasteiger partial charge in [0.05, 0.1) is 5.75 Å². The van der Waals surface area contributed by atoms with Crippen molar-refractivity contribution in [1.82, 2.24) is 14.5 Å². The lowest BCUT2D eigenvalue weighted by atomic mass is 9.87. The van der Waals surface area contributed by atoms with Gasteiger partial charge in [0.2, 0.25) is 10.0 Å². The van der Waals surface area contributed by atoms with Gasteiger partial charge in [-0.1, -0.05) is 19.3 Å². The van der Waals surface area contributed by atoms with Crippen molar-refractivity contribution in [3.8, 4) is 0 Å². The monoisotopic (exact) mass is 404 g/mol. The Kier molecular flexibility index (Phi) is 8.54. The number of guanidine groups is 1. The molecule has 1 aliphatic carbocycles. The number of aliphatic imine (C=N–C) groups is 1. The first-order valence-electron chi connectivity index (χ1n) is 10.0. The van der Waals surface area contributed by atoms with Crippen molar-refractivity contribution in [1.29, 1.82) is 0 Å². The molecule has 0 aromatic carbocycles. The lowest BCUT2D eigenvalue weighted by Crippen LogP contribution is -2.53. The van der Waals surface area contributed by atoms with E-state index in [1.165, 1.54) is 42.2 Å². The lowest BCUT2D eigenvalue weighted by Gasteiger charge is -2.45. The van der Waals surface area contributed by atoms with Gasteiger partial charge in [-0.3, -0.25) is 4.99 Å². The van der Waals surface area contributed by atoms with Crippen LogP contribution in [0.4, 0.5) is 0 Å². The van der Waals surface area contributed by atoms with Gasteiger partial charge in [-0.25, -0.2) is 12.7 Å². The van der Waals surface area contributed by atoms with Gasteiger partial charge >= 0.3 is 0 Å². The largest absolute Gasteiger partial charge is 0.357 e. The Morgan fingerprint density at radius 1 is 1.27 bits per heavy atom. The van der Waals surface area contributed by atoms with Crippen LogP contribution in [0.15, 0.2) is 4.99 Å². The van der Waals surface area contributed by atoms with Crippen molar-refractivity contribution in [2.75, 3.05) is 51.3 Å². The van der Waals surface area contributed by atoms with Crippen LogP contribution in [0.1, 0.15) is 52.4 Å². The molecule has 0 radical (unpaired) electrons. The van der Waals surface area contributed by atoms with Gasteiger partial charge in [0.25, 0.3) is 0 Å². The highest BCUT2D eigenvalue weighted by Crippen LogP contribution is 2.42. The summed E-state index contributed by atoms with van der Waals surface area (Å²) >= 11 is 2.17. The molecule has 8 heteroatoms. The van der Waals surface area contributed by atoms with E-state index in [0.29, 0.717) is 17.8 Å². The topological polar surface area (TPSA) is 65.0 Å². The summed E-state index contributed by atoms with van der Waals surface area (Å²) < 4.78 is 25.5. The van der Waals surface area contributed by atoms with Crippen molar-refractivity contribution >= 4 is 27.7 Å². The third-order valence-corrected chi connectivity index (χ3v) is 8.78. The van der Waals surface area contributed by atoms with Crippen molar-refractivity contribution in [3.05, 3.63) is 0 Å². The molecule has 2 aliphatic rings. The molecule has 1 saturated carbocycles. The molecule has 1 saturated heterocycles. The number of hydrogen-bond acceptors (Lipinski definition) is 4. The lowest BCUT2D eigenvalue weighted by molar-refractivity contribution is 0.293. The predicted octanol–water partition coefficient (Wildman–Crippen LogP) is 2.38. The van der Waals surface area contributed by atoms with Crippen LogP contribution < -0.4 is 5.32 Å². The third kappa shape index (κ3) is 6.02. The van der Waals surface area contributed by atoms with Crippen molar-refractivity contribution in [3.63, 3.8) is 0 Å². The Balaban J connectivity index is 1.91. The second kappa shape index (κ2) is 10.2. The fourth-order valence-corrected chi connectivity index (χ4v) is 6.21. The maximum atomic E-state index is 11.8. The van der Waals surface area contributed by atoms with Gasteiger partial charge in [0.15, 0.2) is 5.96 Å². The molecule has 0 atom stereocenters. The van der Waals surface area contributed by atoms with E-state index in [1.807, 2.05) is 0 Å². The quantitative estimate of drug-likeness (QED) is 0.401. The zero-order chi connectivity index (χ0) is 19.0. The summed E-state index contributed by atoms with van der Waals surface area (Å²) in [4.78, 5) is 7.22. The molecule has 0 bridgehead atoms. The van der Waals surface area contributed by atoms with E-state index in [1.54, 1.807) is 14.0 Å². The number of rotatable bonds is 7. The predicted molar refractivity (Wildman–Crippen MR) is 113 cm³/mol. The average molecular weight is 405 g/mol. The molecule has 2 rings (SSSR count). The highest BCUT2D eigenvalue weighted by molar-refractivity contribution is 8.00. The molecule has 1 spiro atoms. The summed E-state index contributed by atoms with van der Waals surface area (Å²) in [5, 5.41) is 3.44. The van der Waals surface area contributed by atoms with Gasteiger partial charge in [-0.2, -0.15) is 11.8 Å². The Hall–Kier alpha value is -0.470. The maximum Gasteiger partial charge on any atom is 0.213 e. The minimum absolute atomic E-state index is 0.156. The van der Waals surface area contributed by atoms with Crippen LogP contribution >= 0.6 is 11.8 Å². The molecule has 0 amide bonds. The fourth-order valence-electron chi connectivity index (χ4n) is 3.79. The first-order valence-corrected chi connectivity index (χ1v) is 12.6. The SMILES string of the molecule is CCNC(=NCCCN(C)S(=O)(=O)CC)N1CCSC2(CCCCC2)C1. The van der Waals surface area contributed by atoms with E-state index >= 15 is 0 Å². The summed E-state index contributed by atoms with van der Waals surface area (Å²) in [5.41, 5.74) is 0. The summed E-state index contributed by atoms with van der Waals surface area (Å²) in [6.07, 6.45) is 7.49. The van der Waals surface area contributed by atoms with Crippen LogP contribution in [0, 0.1) is 0 Å². The van der Waals surface area contributed by atoms with Gasteiger partial charge in [-0.15, -0.1) is 0 Å². The third-order valence-electron chi connectivity index (χ3n) is 5.38. The normalized spacial score (nSPS) is 21.4. The summed E-state index contributed by atoms with van der Waals surface area (Å²) in [7, 11) is -1.44. The number of nitrogens with one attached hydrogen (secondary N) is 1. The van der Waals surface area contributed by atoms with Crippen LogP contribution in [0.3, 0.4) is 0 Å². The summed E-state index contributed by atoms with van der Waals surface area (Å²) in [6.45, 7) is 7.96. The molecular formula is C18H36N4O2S2. The average Bonchev–Trinajstić information content (AvgIpc) is 2.64. The smallest absolute Gasteiger partial charge is 0.213 e. The molecule has 1 heterocycles. The number of thioether (sulfide) groups is 1. The molecule has 0 aromatic heterocycles. The first-order chi connectivity index (χ1) is 12.4. The molecule has 1 aliphatic heterocycles. The molecule has 2 fully saturated rings. The summed E-state index contributed by atoms with van der Waals surface area (Å²) in [5.74, 6) is 2.32. The molecule has 0 aromatic rings. The second-order valence-electron chi connectivity index (χ2n) is 7.32. The fraction of sp³-hybridized carbons (Fsp3) is 0.944. The van der Waals surface area contributed by atoms with Crippen LogP contribution in [0.2, 0.25) is 0 Å². The van der Waals surface area contributed by atoms with Gasteiger partial charge in [-0.05, 0) is 33.1 Å². The number of nitrogens with zero attached hydrogens (tertiary/aromatic N) is 3. The van der Waals surface area contributed by atoms with E-state index in [-0.39, 0.29) is 5.75 Å². The minimum atomic E-state index is -3.09. The second-order valence-corrected chi connectivity index (χ2v) is 11.3. The van der Waals surface area contributed by atoms with E-state index in [2.05, 4.69) is 28.9 Å². The van der Waals surface area contributed by atoms with E-state index in [0.717, 1.165) is 32.0 Å². The first kappa shape index (κ1) is 21.8. The van der Waals surface area contributed by atoms with Crippen LogP contribution in [0.5, 0.6) is 0 Å². The van der Waals surface area contributed by atoms with Gasteiger partial charge in [0.1, 0.15) is 0 Å². The van der Waals surface area contributed by atoms with E-state index in [9.17, 15) is 8.42 Å². The van der Waals surface area contributed by atoms with Crippen molar-refractivity contribution in [2.45, 2.75) is 57.1 Å². The minimum Gasteiger partial charge on any atom is -0.357 e. The molecule has 152 valence electrons. The van der Waals surface area contributed by atoms with Crippen LogP contribution in [-0.2, 0) is 10.0 Å². The highest BCUT2D eigenvalue weighted by Gasteiger charge is 2.38. The van der Waals surface area contributed by atoms with E-state index < -0.39 is 10.0 Å². The molecule has 6 nitrogen and oxygen atoms in total. The molecular weight excluding hydrogens is 368 g/mol. The van der Waals surface area contributed by atoms with Crippen molar-refractivity contribution < 1.29 is 8.42 Å². The standard InChI is InChI=1S/C18H36N4O2S2/c1-4-19-17(20-12-9-13-21(3)26(23,24)5-2)22-14-15-25-18(16-22)10-7-6-8-11-18/h4-16H2,1-3H3,(H,19,20). The highest BCUT2D eigenvalue weighted by atomic mass is 32.2. The Bertz CT molecular complexity index is 554. The Morgan fingerprint density at radius 2 is 2.00 bits per heavy atom.